The standard InChI is InChI=1S/C16H17BrN6O/c1-21-16(24)14(17)13(11-20-21)22-6-3-7-23(9-8-22)15-12(10-18)4-2-5-19-15/h2,4-5,11H,3,6-9H2,1H3. The zero-order valence-electron chi connectivity index (χ0n) is 13.3. The van der Waals surface area contributed by atoms with Crippen LogP contribution in [0.1, 0.15) is 12.0 Å². The van der Waals surface area contributed by atoms with E-state index in [0.717, 1.165) is 44.1 Å². The fourth-order valence-corrected chi connectivity index (χ4v) is 3.44. The molecular formula is C16H17BrN6O. The molecular weight excluding hydrogens is 372 g/mol. The van der Waals surface area contributed by atoms with Gasteiger partial charge in [0.1, 0.15) is 16.4 Å². The molecule has 2 aromatic rings. The van der Waals surface area contributed by atoms with Gasteiger partial charge in [0.25, 0.3) is 5.56 Å². The summed E-state index contributed by atoms with van der Waals surface area (Å²) < 4.78 is 1.84. The van der Waals surface area contributed by atoms with Crippen LogP contribution in [-0.2, 0) is 7.05 Å². The quantitative estimate of drug-likeness (QED) is 0.775. The Labute approximate surface area is 148 Å². The highest BCUT2D eigenvalue weighted by Crippen LogP contribution is 2.24. The van der Waals surface area contributed by atoms with Crippen molar-refractivity contribution >= 4 is 27.4 Å². The van der Waals surface area contributed by atoms with Crippen molar-refractivity contribution in [2.45, 2.75) is 6.42 Å². The average molecular weight is 389 g/mol. The maximum absolute atomic E-state index is 12.1. The highest BCUT2D eigenvalue weighted by molar-refractivity contribution is 9.10. The second kappa shape index (κ2) is 7.01. The Balaban J connectivity index is 1.83. The first kappa shape index (κ1) is 16.5. The molecule has 0 amide bonds. The van der Waals surface area contributed by atoms with E-state index in [1.54, 1.807) is 31.6 Å². The number of halogens is 1. The van der Waals surface area contributed by atoms with Gasteiger partial charge >= 0.3 is 0 Å². The zero-order chi connectivity index (χ0) is 17.1. The topological polar surface area (TPSA) is 78.1 Å². The van der Waals surface area contributed by atoms with Crippen molar-refractivity contribution in [1.29, 1.82) is 5.26 Å². The van der Waals surface area contributed by atoms with Crippen molar-refractivity contribution in [3.05, 3.63) is 44.9 Å². The lowest BCUT2D eigenvalue weighted by Gasteiger charge is -2.25. The molecule has 8 heteroatoms. The summed E-state index contributed by atoms with van der Waals surface area (Å²) in [6, 6.07) is 5.76. The van der Waals surface area contributed by atoms with Gasteiger partial charge in [0, 0.05) is 39.4 Å². The summed E-state index contributed by atoms with van der Waals surface area (Å²) in [5.41, 5.74) is 1.24. The molecule has 1 aliphatic heterocycles. The Morgan fingerprint density at radius 1 is 1.25 bits per heavy atom. The third-order valence-corrected chi connectivity index (χ3v) is 4.85. The summed E-state index contributed by atoms with van der Waals surface area (Å²) >= 11 is 3.39. The van der Waals surface area contributed by atoms with Crippen LogP contribution in [-0.4, -0.2) is 40.9 Å². The predicted octanol–water partition coefficient (Wildman–Crippen LogP) is 1.53. The summed E-state index contributed by atoms with van der Waals surface area (Å²) in [4.78, 5) is 20.7. The van der Waals surface area contributed by atoms with Gasteiger partial charge in [-0.2, -0.15) is 10.4 Å². The zero-order valence-corrected chi connectivity index (χ0v) is 14.9. The van der Waals surface area contributed by atoms with Gasteiger partial charge in [0.05, 0.1) is 17.4 Å². The predicted molar refractivity (Wildman–Crippen MR) is 95.2 cm³/mol. The van der Waals surface area contributed by atoms with E-state index < -0.39 is 0 Å². The van der Waals surface area contributed by atoms with E-state index in [1.807, 2.05) is 0 Å². The molecule has 24 heavy (non-hydrogen) atoms. The largest absolute Gasteiger partial charge is 0.367 e. The van der Waals surface area contributed by atoms with Crippen LogP contribution in [0.3, 0.4) is 0 Å². The number of nitrogens with zero attached hydrogens (tertiary/aromatic N) is 6. The number of aryl methyl sites for hydroxylation is 1. The fourth-order valence-electron chi connectivity index (χ4n) is 2.83. The summed E-state index contributed by atoms with van der Waals surface area (Å²) in [5, 5.41) is 13.4. The maximum atomic E-state index is 12.1. The molecule has 0 spiro atoms. The lowest BCUT2D eigenvalue weighted by Crippen LogP contribution is -2.33. The molecule has 0 aromatic carbocycles. The Morgan fingerprint density at radius 3 is 2.79 bits per heavy atom. The number of nitriles is 1. The highest BCUT2D eigenvalue weighted by atomic mass is 79.9. The first-order valence-corrected chi connectivity index (χ1v) is 8.48. The third-order valence-electron chi connectivity index (χ3n) is 4.10. The molecule has 3 rings (SSSR count). The van der Waals surface area contributed by atoms with Gasteiger partial charge in [-0.25, -0.2) is 9.67 Å². The molecule has 0 saturated carbocycles. The summed E-state index contributed by atoms with van der Waals surface area (Å²) in [6.45, 7) is 3.10. The second-order valence-corrected chi connectivity index (χ2v) is 6.38. The van der Waals surface area contributed by atoms with Gasteiger partial charge in [-0.05, 0) is 34.5 Å². The Kier molecular flexibility index (Phi) is 4.81. The van der Waals surface area contributed by atoms with Crippen LogP contribution in [0, 0.1) is 11.3 Å². The first-order valence-electron chi connectivity index (χ1n) is 7.68. The number of aromatic nitrogens is 3. The SMILES string of the molecule is Cn1ncc(N2CCCN(c3ncccc3C#N)CC2)c(Br)c1=O. The van der Waals surface area contributed by atoms with Gasteiger partial charge in [-0.15, -0.1) is 0 Å². The summed E-state index contributed by atoms with van der Waals surface area (Å²) in [5.74, 6) is 0.725. The van der Waals surface area contributed by atoms with E-state index in [2.05, 4.69) is 41.9 Å². The molecule has 0 bridgehead atoms. The van der Waals surface area contributed by atoms with Gasteiger partial charge in [0.2, 0.25) is 0 Å². The molecule has 7 nitrogen and oxygen atoms in total. The second-order valence-electron chi connectivity index (χ2n) is 5.59. The maximum Gasteiger partial charge on any atom is 0.282 e. The molecule has 0 N–H and O–H groups in total. The van der Waals surface area contributed by atoms with Crippen LogP contribution in [0.5, 0.6) is 0 Å². The van der Waals surface area contributed by atoms with Gasteiger partial charge in [-0.1, -0.05) is 0 Å². The number of pyridine rings is 1. The summed E-state index contributed by atoms with van der Waals surface area (Å²) in [6.07, 6.45) is 4.33. The minimum Gasteiger partial charge on any atom is -0.367 e. The Hall–Kier alpha value is -2.40. The average Bonchev–Trinajstić information content (AvgIpc) is 2.86. The van der Waals surface area contributed by atoms with E-state index in [-0.39, 0.29) is 5.56 Å². The number of hydrogen-bond acceptors (Lipinski definition) is 6. The van der Waals surface area contributed by atoms with E-state index in [4.69, 9.17) is 0 Å². The first-order chi connectivity index (χ1) is 11.6. The number of rotatable bonds is 2. The highest BCUT2D eigenvalue weighted by Gasteiger charge is 2.21. The van der Waals surface area contributed by atoms with Crippen LogP contribution < -0.4 is 15.4 Å². The van der Waals surface area contributed by atoms with Crippen LogP contribution in [0.4, 0.5) is 11.5 Å². The van der Waals surface area contributed by atoms with Crippen molar-refractivity contribution < 1.29 is 0 Å². The monoisotopic (exact) mass is 388 g/mol. The van der Waals surface area contributed by atoms with Gasteiger partial charge in [0.15, 0.2) is 0 Å². The van der Waals surface area contributed by atoms with Crippen molar-refractivity contribution in [2.75, 3.05) is 36.0 Å². The summed E-state index contributed by atoms with van der Waals surface area (Å²) in [7, 11) is 1.63. The van der Waals surface area contributed by atoms with E-state index in [1.165, 1.54) is 4.68 Å². The number of anilines is 2. The minimum absolute atomic E-state index is 0.148. The smallest absolute Gasteiger partial charge is 0.282 e. The van der Waals surface area contributed by atoms with Gasteiger partial charge < -0.3 is 9.80 Å². The molecule has 3 heterocycles. The third kappa shape index (κ3) is 3.12. The van der Waals surface area contributed by atoms with E-state index in [9.17, 15) is 10.1 Å². The molecule has 0 unspecified atom stereocenters. The fraction of sp³-hybridized carbons (Fsp3) is 0.375. The molecule has 1 fully saturated rings. The van der Waals surface area contributed by atoms with Crippen molar-refractivity contribution in [3.8, 4) is 6.07 Å². The molecule has 2 aromatic heterocycles. The lowest BCUT2D eigenvalue weighted by atomic mass is 10.2. The van der Waals surface area contributed by atoms with Gasteiger partial charge in [-0.3, -0.25) is 4.79 Å². The molecule has 0 radical (unpaired) electrons. The van der Waals surface area contributed by atoms with Crippen molar-refractivity contribution in [1.82, 2.24) is 14.8 Å². The molecule has 1 saturated heterocycles. The molecule has 0 atom stereocenters. The Bertz CT molecular complexity index is 843. The normalized spacial score (nSPS) is 15.0. The van der Waals surface area contributed by atoms with Crippen molar-refractivity contribution in [3.63, 3.8) is 0 Å². The van der Waals surface area contributed by atoms with E-state index >= 15 is 0 Å². The van der Waals surface area contributed by atoms with Crippen LogP contribution in [0.15, 0.2) is 33.8 Å². The lowest BCUT2D eigenvalue weighted by molar-refractivity contribution is 0.694. The van der Waals surface area contributed by atoms with Crippen LogP contribution >= 0.6 is 15.9 Å². The van der Waals surface area contributed by atoms with Crippen molar-refractivity contribution in [2.24, 2.45) is 7.05 Å². The minimum atomic E-state index is -0.148. The Morgan fingerprint density at radius 2 is 2.00 bits per heavy atom. The van der Waals surface area contributed by atoms with Crippen LogP contribution in [0.2, 0.25) is 0 Å². The molecule has 1 aliphatic rings. The van der Waals surface area contributed by atoms with E-state index in [0.29, 0.717) is 10.0 Å². The number of hydrogen-bond donors (Lipinski definition) is 0. The molecule has 0 aliphatic carbocycles. The van der Waals surface area contributed by atoms with Crippen LogP contribution in [0.25, 0.3) is 0 Å². The molecule has 124 valence electrons.